The van der Waals surface area contributed by atoms with Crippen LogP contribution < -0.4 is 15.8 Å². The number of hydrogen-bond donors (Lipinski definition) is 3. The standard InChI is InChI=1S/C14H23N3O4S/c1-14(2,3)21-13(18)16-7-8-17-22(19,20)12-6-4-5-11(9-12)10-15/h4-6,9,17H,7-8,10,15H2,1-3H3,(H,16,18). The van der Waals surface area contributed by atoms with E-state index in [1.165, 1.54) is 12.1 Å². The van der Waals surface area contributed by atoms with Crippen LogP contribution >= 0.6 is 0 Å². The zero-order valence-electron chi connectivity index (χ0n) is 13.0. The van der Waals surface area contributed by atoms with Gasteiger partial charge < -0.3 is 15.8 Å². The van der Waals surface area contributed by atoms with Crippen LogP contribution in [0.2, 0.25) is 0 Å². The summed E-state index contributed by atoms with van der Waals surface area (Å²) in [6.07, 6.45) is -0.586. The third-order valence-corrected chi connectivity index (χ3v) is 3.99. The average molecular weight is 329 g/mol. The molecule has 124 valence electrons. The van der Waals surface area contributed by atoms with E-state index in [1.54, 1.807) is 32.9 Å². The molecule has 0 spiro atoms. The molecule has 0 saturated heterocycles. The summed E-state index contributed by atoms with van der Waals surface area (Å²) < 4.78 is 31.6. The number of sulfonamides is 1. The van der Waals surface area contributed by atoms with Gasteiger partial charge in [-0.15, -0.1) is 0 Å². The van der Waals surface area contributed by atoms with Gasteiger partial charge in [0.2, 0.25) is 10.0 Å². The number of carbonyl (C=O) groups is 1. The van der Waals surface area contributed by atoms with Crippen molar-refractivity contribution in [3.8, 4) is 0 Å². The van der Waals surface area contributed by atoms with Crippen molar-refractivity contribution in [2.24, 2.45) is 5.73 Å². The molecule has 0 bridgehead atoms. The SMILES string of the molecule is CC(C)(C)OC(=O)NCCNS(=O)(=O)c1cccc(CN)c1. The Morgan fingerprint density at radius 3 is 2.55 bits per heavy atom. The molecule has 1 aromatic rings. The number of benzene rings is 1. The molecule has 0 radical (unpaired) electrons. The van der Waals surface area contributed by atoms with Crippen molar-refractivity contribution in [2.75, 3.05) is 13.1 Å². The Kier molecular flexibility index (Phi) is 6.34. The minimum atomic E-state index is -3.62. The second-order valence-electron chi connectivity index (χ2n) is 5.68. The second-order valence-corrected chi connectivity index (χ2v) is 7.44. The van der Waals surface area contributed by atoms with Crippen LogP contribution in [0.25, 0.3) is 0 Å². The predicted octanol–water partition coefficient (Wildman–Crippen LogP) is 0.948. The van der Waals surface area contributed by atoms with Gasteiger partial charge in [-0.1, -0.05) is 12.1 Å². The van der Waals surface area contributed by atoms with E-state index in [4.69, 9.17) is 10.5 Å². The highest BCUT2D eigenvalue weighted by Crippen LogP contribution is 2.10. The number of alkyl carbamates (subject to hydrolysis) is 1. The Morgan fingerprint density at radius 2 is 1.95 bits per heavy atom. The lowest BCUT2D eigenvalue weighted by Gasteiger charge is -2.19. The van der Waals surface area contributed by atoms with Crippen LogP contribution in [0.3, 0.4) is 0 Å². The smallest absolute Gasteiger partial charge is 0.407 e. The summed E-state index contributed by atoms with van der Waals surface area (Å²) in [6, 6.07) is 6.39. The molecule has 7 nitrogen and oxygen atoms in total. The minimum absolute atomic E-state index is 0.0639. The van der Waals surface area contributed by atoms with Gasteiger partial charge in [-0.2, -0.15) is 0 Å². The topological polar surface area (TPSA) is 111 Å². The van der Waals surface area contributed by atoms with Crippen molar-refractivity contribution >= 4 is 16.1 Å². The summed E-state index contributed by atoms with van der Waals surface area (Å²) in [7, 11) is -3.62. The van der Waals surface area contributed by atoms with Crippen LogP contribution in [0.15, 0.2) is 29.2 Å². The minimum Gasteiger partial charge on any atom is -0.444 e. The second kappa shape index (κ2) is 7.57. The fourth-order valence-electron chi connectivity index (χ4n) is 1.59. The molecule has 0 aliphatic rings. The summed E-state index contributed by atoms with van der Waals surface area (Å²) in [5, 5.41) is 2.48. The highest BCUT2D eigenvalue weighted by molar-refractivity contribution is 7.89. The maximum Gasteiger partial charge on any atom is 0.407 e. The maximum atomic E-state index is 12.1. The first-order valence-corrected chi connectivity index (χ1v) is 8.38. The molecule has 0 heterocycles. The third-order valence-electron chi connectivity index (χ3n) is 2.53. The van der Waals surface area contributed by atoms with E-state index in [0.717, 1.165) is 5.56 Å². The molecule has 0 saturated carbocycles. The van der Waals surface area contributed by atoms with Gasteiger partial charge in [-0.05, 0) is 38.5 Å². The molecule has 1 rings (SSSR count). The van der Waals surface area contributed by atoms with E-state index in [1.807, 2.05) is 0 Å². The van der Waals surface area contributed by atoms with Crippen molar-refractivity contribution in [1.82, 2.24) is 10.0 Å². The van der Waals surface area contributed by atoms with E-state index in [0.29, 0.717) is 0 Å². The first-order valence-electron chi connectivity index (χ1n) is 6.89. The van der Waals surface area contributed by atoms with Crippen molar-refractivity contribution < 1.29 is 17.9 Å². The molecule has 0 atom stereocenters. The van der Waals surface area contributed by atoms with Crippen LogP contribution in [-0.2, 0) is 21.3 Å². The molecule has 0 unspecified atom stereocenters. The van der Waals surface area contributed by atoms with Crippen LogP contribution in [0.1, 0.15) is 26.3 Å². The van der Waals surface area contributed by atoms with Gasteiger partial charge in [0.1, 0.15) is 5.60 Å². The number of nitrogens with two attached hydrogens (primary N) is 1. The fraction of sp³-hybridized carbons (Fsp3) is 0.500. The van der Waals surface area contributed by atoms with E-state index < -0.39 is 21.7 Å². The zero-order valence-corrected chi connectivity index (χ0v) is 13.9. The molecule has 22 heavy (non-hydrogen) atoms. The van der Waals surface area contributed by atoms with E-state index in [-0.39, 0.29) is 24.5 Å². The van der Waals surface area contributed by atoms with E-state index in [2.05, 4.69) is 10.0 Å². The number of amides is 1. The Morgan fingerprint density at radius 1 is 1.27 bits per heavy atom. The van der Waals surface area contributed by atoms with Crippen LogP contribution in [0.5, 0.6) is 0 Å². The van der Waals surface area contributed by atoms with E-state index in [9.17, 15) is 13.2 Å². The molecule has 0 aliphatic heterocycles. The summed E-state index contributed by atoms with van der Waals surface area (Å²) in [5.74, 6) is 0. The largest absolute Gasteiger partial charge is 0.444 e. The Balaban J connectivity index is 2.48. The first-order chi connectivity index (χ1) is 10.1. The normalized spacial score (nSPS) is 12.0. The van der Waals surface area contributed by atoms with Gasteiger partial charge in [-0.25, -0.2) is 17.9 Å². The van der Waals surface area contributed by atoms with Gasteiger partial charge in [0.25, 0.3) is 0 Å². The molecule has 4 N–H and O–H groups in total. The molecule has 0 aromatic heterocycles. The van der Waals surface area contributed by atoms with Gasteiger partial charge in [0.05, 0.1) is 4.90 Å². The molecule has 0 aliphatic carbocycles. The molecule has 8 heteroatoms. The van der Waals surface area contributed by atoms with Crippen molar-refractivity contribution in [3.05, 3.63) is 29.8 Å². The zero-order chi connectivity index (χ0) is 16.8. The number of nitrogens with one attached hydrogen (secondary N) is 2. The third kappa shape index (κ3) is 6.42. The fourth-order valence-corrected chi connectivity index (χ4v) is 2.69. The lowest BCUT2D eigenvalue weighted by atomic mass is 10.2. The molecule has 1 amide bonds. The van der Waals surface area contributed by atoms with Crippen LogP contribution in [0.4, 0.5) is 4.79 Å². The number of ether oxygens (including phenoxy) is 1. The number of rotatable bonds is 6. The van der Waals surface area contributed by atoms with Gasteiger partial charge in [0.15, 0.2) is 0 Å². The van der Waals surface area contributed by atoms with Gasteiger partial charge in [0, 0.05) is 19.6 Å². The summed E-state index contributed by atoms with van der Waals surface area (Å²) in [6.45, 7) is 5.71. The van der Waals surface area contributed by atoms with Crippen molar-refractivity contribution in [3.63, 3.8) is 0 Å². The van der Waals surface area contributed by atoms with Gasteiger partial charge in [-0.3, -0.25) is 0 Å². The quantitative estimate of drug-likeness (QED) is 0.673. The van der Waals surface area contributed by atoms with Gasteiger partial charge >= 0.3 is 6.09 Å². The average Bonchev–Trinajstić information content (AvgIpc) is 2.42. The van der Waals surface area contributed by atoms with Crippen molar-refractivity contribution in [1.29, 1.82) is 0 Å². The number of hydrogen-bond acceptors (Lipinski definition) is 5. The molecule has 1 aromatic carbocycles. The van der Waals surface area contributed by atoms with Crippen LogP contribution in [0, 0.1) is 0 Å². The summed E-state index contributed by atoms with van der Waals surface area (Å²) in [5.41, 5.74) is 5.63. The first kappa shape index (κ1) is 18.4. The lowest BCUT2D eigenvalue weighted by Crippen LogP contribution is -2.37. The highest BCUT2D eigenvalue weighted by atomic mass is 32.2. The summed E-state index contributed by atoms with van der Waals surface area (Å²) >= 11 is 0. The predicted molar refractivity (Wildman–Crippen MR) is 83.8 cm³/mol. The molecular weight excluding hydrogens is 306 g/mol. The Labute approximate surface area is 131 Å². The highest BCUT2D eigenvalue weighted by Gasteiger charge is 2.16. The maximum absolute atomic E-state index is 12.1. The Bertz CT molecular complexity index is 609. The Hall–Kier alpha value is -1.64. The van der Waals surface area contributed by atoms with Crippen LogP contribution in [-0.4, -0.2) is 33.2 Å². The monoisotopic (exact) mass is 329 g/mol. The summed E-state index contributed by atoms with van der Waals surface area (Å²) in [4.78, 5) is 11.6. The van der Waals surface area contributed by atoms with Crippen molar-refractivity contribution in [2.45, 2.75) is 37.8 Å². The van der Waals surface area contributed by atoms with E-state index >= 15 is 0 Å². The molecular formula is C14H23N3O4S. The number of carbonyl (C=O) groups excluding carboxylic acids is 1. The lowest BCUT2D eigenvalue weighted by molar-refractivity contribution is 0.0529. The molecule has 0 fully saturated rings.